The van der Waals surface area contributed by atoms with Gasteiger partial charge in [0.25, 0.3) is 0 Å². The van der Waals surface area contributed by atoms with Crippen LogP contribution in [0.2, 0.25) is 0 Å². The van der Waals surface area contributed by atoms with Gasteiger partial charge in [0.15, 0.2) is 0 Å². The molecule has 1 unspecified atom stereocenters. The summed E-state index contributed by atoms with van der Waals surface area (Å²) in [5.41, 5.74) is 2.38. The zero-order chi connectivity index (χ0) is 16.2. The van der Waals surface area contributed by atoms with Crippen LogP contribution in [0.25, 0.3) is 0 Å². The smallest absolute Gasteiger partial charge is 0.322 e. The Hall–Kier alpha value is -2.40. The fourth-order valence-corrected chi connectivity index (χ4v) is 2.66. The Morgan fingerprint density at radius 1 is 1.26 bits per heavy atom. The number of morpholine rings is 1. The molecule has 120 valence electrons. The lowest BCUT2D eigenvalue weighted by atomic mass is 10.1. The molecule has 1 aliphatic heterocycles. The molecule has 1 fully saturated rings. The van der Waals surface area contributed by atoms with E-state index in [-0.39, 0.29) is 18.0 Å². The third kappa shape index (κ3) is 3.68. The fraction of sp³-hybridized carbons (Fsp3) is 0.278. The number of nitrogens with zero attached hydrogens (tertiary/aromatic N) is 1. The number of carbonyl (C=O) groups is 1. The zero-order valence-corrected chi connectivity index (χ0v) is 13.0. The number of rotatable bonds is 2. The number of hydrogen-bond acceptors (Lipinski definition) is 2. The van der Waals surface area contributed by atoms with Crippen molar-refractivity contribution in [1.29, 1.82) is 0 Å². The third-order valence-corrected chi connectivity index (χ3v) is 3.96. The van der Waals surface area contributed by atoms with Crippen molar-refractivity contribution in [2.24, 2.45) is 0 Å². The fourth-order valence-electron chi connectivity index (χ4n) is 2.66. The first-order chi connectivity index (χ1) is 11.1. The SMILES string of the molecule is Cc1cc(F)ccc1NC(=O)N1CCOC(c2ccccc2)C1. The Labute approximate surface area is 134 Å². The van der Waals surface area contributed by atoms with E-state index in [9.17, 15) is 9.18 Å². The van der Waals surface area contributed by atoms with Crippen LogP contribution in [0.4, 0.5) is 14.9 Å². The van der Waals surface area contributed by atoms with E-state index in [1.165, 1.54) is 12.1 Å². The monoisotopic (exact) mass is 314 g/mol. The molecule has 0 radical (unpaired) electrons. The topological polar surface area (TPSA) is 41.6 Å². The Kier molecular flexibility index (Phi) is 4.57. The lowest BCUT2D eigenvalue weighted by Crippen LogP contribution is -2.44. The number of amides is 2. The minimum atomic E-state index is -0.309. The normalized spacial score (nSPS) is 17.8. The highest BCUT2D eigenvalue weighted by atomic mass is 19.1. The Bertz CT molecular complexity index is 691. The maximum atomic E-state index is 13.1. The molecule has 3 rings (SSSR count). The van der Waals surface area contributed by atoms with Crippen molar-refractivity contribution in [3.05, 3.63) is 65.5 Å². The maximum Gasteiger partial charge on any atom is 0.322 e. The van der Waals surface area contributed by atoms with Crippen molar-refractivity contribution in [1.82, 2.24) is 4.90 Å². The second kappa shape index (κ2) is 6.79. The van der Waals surface area contributed by atoms with E-state index >= 15 is 0 Å². The summed E-state index contributed by atoms with van der Waals surface area (Å²) >= 11 is 0. The van der Waals surface area contributed by atoms with Gasteiger partial charge in [-0.25, -0.2) is 9.18 Å². The predicted octanol–water partition coefficient (Wildman–Crippen LogP) is 3.74. The van der Waals surface area contributed by atoms with E-state index in [0.29, 0.717) is 30.9 Å². The number of halogens is 1. The molecule has 0 bridgehead atoms. The van der Waals surface area contributed by atoms with Crippen LogP contribution in [-0.2, 0) is 4.74 Å². The first kappa shape index (κ1) is 15.5. The quantitative estimate of drug-likeness (QED) is 0.917. The molecule has 1 N–H and O–H groups in total. The van der Waals surface area contributed by atoms with Gasteiger partial charge in [0.1, 0.15) is 11.9 Å². The highest BCUT2D eigenvalue weighted by Crippen LogP contribution is 2.23. The molecule has 1 heterocycles. The molecule has 1 saturated heterocycles. The predicted molar refractivity (Wildman–Crippen MR) is 86.9 cm³/mol. The highest BCUT2D eigenvalue weighted by Gasteiger charge is 2.25. The van der Waals surface area contributed by atoms with Crippen LogP contribution >= 0.6 is 0 Å². The van der Waals surface area contributed by atoms with E-state index < -0.39 is 0 Å². The molecule has 1 aliphatic rings. The number of aryl methyl sites for hydroxylation is 1. The van der Waals surface area contributed by atoms with Crippen molar-refractivity contribution in [2.75, 3.05) is 25.0 Å². The summed E-state index contributed by atoms with van der Waals surface area (Å²) in [6.07, 6.45) is -0.120. The van der Waals surface area contributed by atoms with Gasteiger partial charge >= 0.3 is 6.03 Å². The number of carbonyl (C=O) groups excluding carboxylic acids is 1. The number of benzene rings is 2. The van der Waals surface area contributed by atoms with E-state index in [1.54, 1.807) is 17.9 Å². The molecule has 0 aromatic heterocycles. The van der Waals surface area contributed by atoms with Crippen molar-refractivity contribution < 1.29 is 13.9 Å². The zero-order valence-electron chi connectivity index (χ0n) is 13.0. The average Bonchev–Trinajstić information content (AvgIpc) is 2.58. The number of ether oxygens (including phenoxy) is 1. The molecule has 0 spiro atoms. The number of urea groups is 1. The highest BCUT2D eigenvalue weighted by molar-refractivity contribution is 5.90. The average molecular weight is 314 g/mol. The van der Waals surface area contributed by atoms with Crippen molar-refractivity contribution in [3.63, 3.8) is 0 Å². The summed E-state index contributed by atoms with van der Waals surface area (Å²) < 4.78 is 18.9. The second-order valence-electron chi connectivity index (χ2n) is 5.61. The van der Waals surface area contributed by atoms with Crippen LogP contribution in [0.5, 0.6) is 0 Å². The minimum absolute atomic E-state index is 0.120. The summed E-state index contributed by atoms with van der Waals surface area (Å²) in [5.74, 6) is -0.309. The van der Waals surface area contributed by atoms with Crippen molar-refractivity contribution in [2.45, 2.75) is 13.0 Å². The van der Waals surface area contributed by atoms with Gasteiger partial charge in [-0.3, -0.25) is 0 Å². The Morgan fingerprint density at radius 3 is 2.78 bits per heavy atom. The van der Waals surface area contributed by atoms with Crippen LogP contribution < -0.4 is 5.32 Å². The summed E-state index contributed by atoms with van der Waals surface area (Å²) in [4.78, 5) is 14.2. The number of hydrogen-bond donors (Lipinski definition) is 1. The van der Waals surface area contributed by atoms with Crippen LogP contribution in [-0.4, -0.2) is 30.6 Å². The third-order valence-electron chi connectivity index (χ3n) is 3.96. The molecule has 2 aromatic carbocycles. The van der Waals surface area contributed by atoms with Crippen LogP contribution in [0.1, 0.15) is 17.2 Å². The van der Waals surface area contributed by atoms with Crippen LogP contribution in [0.15, 0.2) is 48.5 Å². The van der Waals surface area contributed by atoms with Crippen LogP contribution in [0.3, 0.4) is 0 Å². The van der Waals surface area contributed by atoms with E-state index in [4.69, 9.17) is 4.74 Å². The molecule has 2 amide bonds. The second-order valence-corrected chi connectivity index (χ2v) is 5.61. The number of anilines is 1. The lowest BCUT2D eigenvalue weighted by molar-refractivity contribution is -0.0135. The van der Waals surface area contributed by atoms with Gasteiger partial charge in [0.2, 0.25) is 0 Å². The first-order valence-corrected chi connectivity index (χ1v) is 7.62. The van der Waals surface area contributed by atoms with Gasteiger partial charge < -0.3 is 15.0 Å². The van der Waals surface area contributed by atoms with Gasteiger partial charge in [-0.15, -0.1) is 0 Å². The van der Waals surface area contributed by atoms with Crippen molar-refractivity contribution in [3.8, 4) is 0 Å². The molecule has 0 aliphatic carbocycles. The molecule has 2 aromatic rings. The summed E-state index contributed by atoms with van der Waals surface area (Å²) in [6.45, 7) is 3.30. The van der Waals surface area contributed by atoms with Crippen LogP contribution in [0, 0.1) is 12.7 Å². The first-order valence-electron chi connectivity index (χ1n) is 7.62. The van der Waals surface area contributed by atoms with Gasteiger partial charge in [-0.2, -0.15) is 0 Å². The molecule has 4 nitrogen and oxygen atoms in total. The van der Waals surface area contributed by atoms with E-state index in [0.717, 1.165) is 5.56 Å². The summed E-state index contributed by atoms with van der Waals surface area (Å²) in [6, 6.07) is 14.0. The summed E-state index contributed by atoms with van der Waals surface area (Å²) in [5, 5.41) is 2.84. The maximum absolute atomic E-state index is 13.1. The number of nitrogens with one attached hydrogen (secondary N) is 1. The van der Waals surface area contributed by atoms with Gasteiger partial charge in [0, 0.05) is 12.2 Å². The standard InChI is InChI=1S/C18H19FN2O2/c1-13-11-15(19)7-8-16(13)20-18(22)21-9-10-23-17(12-21)14-5-3-2-4-6-14/h2-8,11,17H,9-10,12H2,1H3,(H,20,22). The molecule has 23 heavy (non-hydrogen) atoms. The molecular weight excluding hydrogens is 295 g/mol. The molecule has 0 saturated carbocycles. The Morgan fingerprint density at radius 2 is 2.04 bits per heavy atom. The molecular formula is C18H19FN2O2. The summed E-state index contributed by atoms with van der Waals surface area (Å²) in [7, 11) is 0. The molecule has 1 atom stereocenters. The lowest BCUT2D eigenvalue weighted by Gasteiger charge is -2.33. The van der Waals surface area contributed by atoms with Gasteiger partial charge in [-0.05, 0) is 36.2 Å². The largest absolute Gasteiger partial charge is 0.370 e. The van der Waals surface area contributed by atoms with Crippen molar-refractivity contribution >= 4 is 11.7 Å². The molecule has 5 heteroatoms. The van der Waals surface area contributed by atoms with E-state index in [2.05, 4.69) is 5.32 Å². The van der Waals surface area contributed by atoms with Gasteiger partial charge in [-0.1, -0.05) is 30.3 Å². The minimum Gasteiger partial charge on any atom is -0.370 e. The van der Waals surface area contributed by atoms with E-state index in [1.807, 2.05) is 30.3 Å². The van der Waals surface area contributed by atoms with Gasteiger partial charge in [0.05, 0.1) is 13.2 Å². The Balaban J connectivity index is 1.67.